The van der Waals surface area contributed by atoms with Gasteiger partial charge in [-0.1, -0.05) is 36.4 Å². The molecule has 2 heterocycles. The number of benzene rings is 2. The molecule has 0 amide bonds. The average Bonchev–Trinajstić information content (AvgIpc) is 3.00. The lowest BCUT2D eigenvalue weighted by Crippen LogP contribution is -2.14. The predicted molar refractivity (Wildman–Crippen MR) is 101 cm³/mol. The summed E-state index contributed by atoms with van der Waals surface area (Å²) in [7, 11) is 0. The van der Waals surface area contributed by atoms with Gasteiger partial charge in [-0.2, -0.15) is 13.2 Å². The van der Waals surface area contributed by atoms with Crippen LogP contribution in [0.5, 0.6) is 0 Å². The van der Waals surface area contributed by atoms with Gasteiger partial charge in [-0.05, 0) is 25.1 Å². The highest BCUT2D eigenvalue weighted by Crippen LogP contribution is 2.38. The molecular weight excluding hydrogens is 369 g/mol. The first-order valence-electron chi connectivity index (χ1n) is 8.65. The Hall–Kier alpha value is -3.35. The molecule has 28 heavy (non-hydrogen) atoms. The first kappa shape index (κ1) is 18.0. The number of fused-ring (bicyclic) bond motifs is 5. The molecule has 0 N–H and O–H groups in total. The van der Waals surface area contributed by atoms with E-state index in [-0.39, 0.29) is 12.1 Å². The van der Waals surface area contributed by atoms with Gasteiger partial charge in [0.25, 0.3) is 0 Å². The number of nitrogens with zero attached hydrogens (tertiary/aromatic N) is 2. The van der Waals surface area contributed by atoms with Crippen molar-refractivity contribution in [1.82, 2.24) is 9.38 Å². The molecule has 2 aromatic carbocycles. The Morgan fingerprint density at radius 2 is 1.79 bits per heavy atom. The van der Waals surface area contributed by atoms with Crippen molar-refractivity contribution >= 4 is 39.4 Å². The summed E-state index contributed by atoms with van der Waals surface area (Å²) in [6.45, 7) is 1.90. The van der Waals surface area contributed by atoms with Crippen LogP contribution in [-0.4, -0.2) is 22.0 Å². The largest absolute Gasteiger partial charge is 0.463 e. The highest BCUT2D eigenvalue weighted by Gasteiger charge is 2.37. The summed E-state index contributed by atoms with van der Waals surface area (Å²) >= 11 is 0. The van der Waals surface area contributed by atoms with Crippen LogP contribution in [0.15, 0.2) is 54.6 Å². The minimum absolute atomic E-state index is 0.214. The van der Waals surface area contributed by atoms with Gasteiger partial charge in [0.05, 0.1) is 23.2 Å². The SMILES string of the molecule is CCOC(=O)/C=C\c1c2ccccc2n2c(C(F)(F)F)nc3ccccc3c12. The summed E-state index contributed by atoms with van der Waals surface area (Å²) in [5, 5.41) is 1.15. The number of para-hydroxylation sites is 2. The van der Waals surface area contributed by atoms with Gasteiger partial charge in [-0.15, -0.1) is 0 Å². The smallest absolute Gasteiger partial charge is 0.450 e. The molecule has 0 fully saturated rings. The second-order valence-electron chi connectivity index (χ2n) is 6.15. The number of hydrogen-bond donors (Lipinski definition) is 0. The molecule has 0 aliphatic heterocycles. The molecule has 4 aromatic rings. The van der Waals surface area contributed by atoms with Crippen molar-refractivity contribution < 1.29 is 22.7 Å². The van der Waals surface area contributed by atoms with Gasteiger partial charge in [-0.25, -0.2) is 9.78 Å². The normalized spacial score (nSPS) is 12.4. The zero-order valence-electron chi connectivity index (χ0n) is 14.8. The molecule has 7 heteroatoms. The van der Waals surface area contributed by atoms with Crippen molar-refractivity contribution in [3.05, 3.63) is 66.0 Å². The molecule has 0 saturated carbocycles. The van der Waals surface area contributed by atoms with Crippen molar-refractivity contribution in [2.24, 2.45) is 0 Å². The molecule has 0 aliphatic rings. The standard InChI is InChI=1S/C21H15F3N2O2/c1-2-28-18(27)12-11-14-13-7-4-6-10-17(13)26-19(14)15-8-3-5-9-16(15)25-20(26)21(22,23)24/h3-12H,2H2,1H3/b12-11-. The van der Waals surface area contributed by atoms with Crippen molar-refractivity contribution in [3.8, 4) is 0 Å². The van der Waals surface area contributed by atoms with E-state index in [1.54, 1.807) is 55.5 Å². The second kappa shape index (κ2) is 6.67. The monoisotopic (exact) mass is 384 g/mol. The van der Waals surface area contributed by atoms with Crippen molar-refractivity contribution in [2.75, 3.05) is 6.61 Å². The van der Waals surface area contributed by atoms with Crippen LogP contribution in [0, 0.1) is 0 Å². The summed E-state index contributed by atoms with van der Waals surface area (Å²) in [6, 6.07) is 13.4. The van der Waals surface area contributed by atoms with Gasteiger partial charge in [0, 0.05) is 22.4 Å². The average molecular weight is 384 g/mol. The molecule has 0 saturated heterocycles. The number of alkyl halides is 3. The number of carbonyl (C=O) groups is 1. The van der Waals surface area contributed by atoms with Crippen LogP contribution in [-0.2, 0) is 15.7 Å². The lowest BCUT2D eigenvalue weighted by atomic mass is 10.1. The van der Waals surface area contributed by atoms with Crippen LogP contribution in [0.4, 0.5) is 13.2 Å². The van der Waals surface area contributed by atoms with Gasteiger partial charge in [0.15, 0.2) is 0 Å². The zero-order valence-corrected chi connectivity index (χ0v) is 14.8. The van der Waals surface area contributed by atoms with Gasteiger partial charge in [0.2, 0.25) is 5.82 Å². The lowest BCUT2D eigenvalue weighted by Gasteiger charge is -2.12. The van der Waals surface area contributed by atoms with Crippen LogP contribution in [0.1, 0.15) is 18.3 Å². The lowest BCUT2D eigenvalue weighted by molar-refractivity contribution is -0.145. The summed E-state index contributed by atoms with van der Waals surface area (Å²) in [6.07, 6.45) is -1.91. The number of ether oxygens (including phenoxy) is 1. The van der Waals surface area contributed by atoms with Crippen LogP contribution in [0.3, 0.4) is 0 Å². The summed E-state index contributed by atoms with van der Waals surface area (Å²) in [5.41, 5.74) is 1.45. The first-order valence-corrected chi connectivity index (χ1v) is 8.65. The number of carbonyl (C=O) groups excluding carboxylic acids is 1. The number of halogens is 3. The summed E-state index contributed by atoms with van der Waals surface area (Å²) < 4.78 is 47.5. The molecule has 0 spiro atoms. The molecule has 4 rings (SSSR count). The number of rotatable bonds is 3. The second-order valence-corrected chi connectivity index (χ2v) is 6.15. The van der Waals surface area contributed by atoms with Crippen LogP contribution < -0.4 is 0 Å². The third-order valence-corrected chi connectivity index (χ3v) is 4.44. The van der Waals surface area contributed by atoms with E-state index in [9.17, 15) is 18.0 Å². The Labute approximate surface area is 157 Å². The quantitative estimate of drug-likeness (QED) is 0.359. The first-order chi connectivity index (χ1) is 13.4. The Kier molecular flexibility index (Phi) is 4.30. The topological polar surface area (TPSA) is 43.6 Å². The van der Waals surface area contributed by atoms with Crippen LogP contribution >= 0.6 is 0 Å². The summed E-state index contributed by atoms with van der Waals surface area (Å²) in [5.74, 6) is -1.56. The zero-order chi connectivity index (χ0) is 19.9. The highest BCUT2D eigenvalue weighted by atomic mass is 19.4. The fraction of sp³-hybridized carbons (Fsp3) is 0.143. The molecule has 0 aliphatic carbocycles. The number of aromatic nitrogens is 2. The number of hydrogen-bond acceptors (Lipinski definition) is 3. The Bertz CT molecular complexity index is 1240. The van der Waals surface area contributed by atoms with E-state index in [4.69, 9.17) is 4.74 Å². The van der Waals surface area contributed by atoms with E-state index in [0.717, 1.165) is 4.40 Å². The molecule has 0 radical (unpaired) electrons. The van der Waals surface area contributed by atoms with Crippen molar-refractivity contribution in [2.45, 2.75) is 13.1 Å². The maximum atomic E-state index is 13.8. The molecular formula is C21H15F3N2O2. The van der Waals surface area contributed by atoms with Crippen molar-refractivity contribution in [1.29, 1.82) is 0 Å². The van der Waals surface area contributed by atoms with Crippen LogP contribution in [0.25, 0.3) is 33.4 Å². The maximum Gasteiger partial charge on any atom is 0.450 e. The molecule has 2 aromatic heterocycles. The molecule has 4 nitrogen and oxygen atoms in total. The summed E-state index contributed by atoms with van der Waals surface area (Å²) in [4.78, 5) is 15.7. The van der Waals surface area contributed by atoms with E-state index < -0.39 is 18.0 Å². The number of esters is 1. The molecule has 142 valence electrons. The van der Waals surface area contributed by atoms with E-state index in [0.29, 0.717) is 27.4 Å². The molecule has 0 bridgehead atoms. The third-order valence-electron chi connectivity index (χ3n) is 4.44. The van der Waals surface area contributed by atoms with Gasteiger partial charge < -0.3 is 4.74 Å². The fourth-order valence-corrected chi connectivity index (χ4v) is 3.39. The third kappa shape index (κ3) is 2.89. The Morgan fingerprint density at radius 1 is 1.11 bits per heavy atom. The van der Waals surface area contributed by atoms with Gasteiger partial charge >= 0.3 is 12.1 Å². The fourth-order valence-electron chi connectivity index (χ4n) is 3.39. The predicted octanol–water partition coefficient (Wildman–Crippen LogP) is 5.24. The van der Waals surface area contributed by atoms with Gasteiger partial charge in [-0.3, -0.25) is 4.40 Å². The maximum absolute atomic E-state index is 13.8. The van der Waals surface area contributed by atoms with Gasteiger partial charge in [0.1, 0.15) is 0 Å². The molecule has 0 unspecified atom stereocenters. The van der Waals surface area contributed by atoms with Crippen molar-refractivity contribution in [3.63, 3.8) is 0 Å². The van der Waals surface area contributed by atoms with E-state index in [1.165, 1.54) is 12.2 Å². The molecule has 0 atom stereocenters. The minimum atomic E-state index is -4.65. The highest BCUT2D eigenvalue weighted by molar-refractivity contribution is 6.09. The Balaban J connectivity index is 2.18. The van der Waals surface area contributed by atoms with E-state index >= 15 is 0 Å². The minimum Gasteiger partial charge on any atom is -0.463 e. The Morgan fingerprint density at radius 3 is 2.50 bits per heavy atom. The van der Waals surface area contributed by atoms with E-state index in [1.807, 2.05) is 0 Å². The van der Waals surface area contributed by atoms with E-state index in [2.05, 4.69) is 4.98 Å². The van der Waals surface area contributed by atoms with Crippen LogP contribution in [0.2, 0.25) is 0 Å².